The van der Waals surface area contributed by atoms with E-state index in [1.807, 2.05) is 49.4 Å². The lowest BCUT2D eigenvalue weighted by Gasteiger charge is -2.35. The zero-order valence-electron chi connectivity index (χ0n) is 19.6. The fourth-order valence-corrected chi connectivity index (χ4v) is 4.26. The number of aryl methyl sites for hydroxylation is 1. The lowest BCUT2D eigenvalue weighted by Crippen LogP contribution is -2.46. The van der Waals surface area contributed by atoms with E-state index in [0.717, 1.165) is 56.1 Å². The molecule has 0 saturated carbocycles. The van der Waals surface area contributed by atoms with E-state index in [9.17, 15) is 18.0 Å². The summed E-state index contributed by atoms with van der Waals surface area (Å²) in [5, 5.41) is 2.92. The molecule has 182 valence electrons. The van der Waals surface area contributed by atoms with Crippen LogP contribution in [0.5, 0.6) is 0 Å². The van der Waals surface area contributed by atoms with Gasteiger partial charge in [-0.15, -0.1) is 6.58 Å². The highest BCUT2D eigenvalue weighted by atomic mass is 19.4. The molecule has 0 unspecified atom stereocenters. The number of nitrogens with one attached hydrogen (secondary N) is 1. The van der Waals surface area contributed by atoms with Crippen LogP contribution in [-0.4, -0.2) is 43.5 Å². The van der Waals surface area contributed by atoms with Crippen molar-refractivity contribution >= 4 is 17.3 Å². The Balaban J connectivity index is 1.48. The molecule has 1 fully saturated rings. The number of anilines is 2. The molecule has 35 heavy (non-hydrogen) atoms. The Morgan fingerprint density at radius 3 is 2.23 bits per heavy atom. The van der Waals surface area contributed by atoms with E-state index in [1.165, 1.54) is 12.1 Å². The number of carbonyl (C=O) groups is 1. The van der Waals surface area contributed by atoms with Crippen LogP contribution in [0, 0.1) is 6.92 Å². The van der Waals surface area contributed by atoms with Crippen LogP contribution in [-0.2, 0) is 6.18 Å². The van der Waals surface area contributed by atoms with Gasteiger partial charge in [0.1, 0.15) is 0 Å². The first kappa shape index (κ1) is 24.5. The number of piperazine rings is 1. The Kier molecular flexibility index (Phi) is 7.26. The standard InChI is InChI=1S/C28H28F3N3O/c1-3-14-33-15-17-34(18-16-33)24-11-9-23(10-12-24)32-27(35)25-13-4-20(2)19-26(25)21-5-7-22(8-6-21)28(29,30)31/h3-13,19H,1,14-18H2,2H3,(H,32,35). The maximum absolute atomic E-state index is 13.1. The Morgan fingerprint density at radius 2 is 1.63 bits per heavy atom. The molecule has 0 spiro atoms. The third-order valence-corrected chi connectivity index (χ3v) is 6.19. The molecule has 1 heterocycles. The minimum Gasteiger partial charge on any atom is -0.369 e. The largest absolute Gasteiger partial charge is 0.416 e. The van der Waals surface area contributed by atoms with Crippen LogP contribution in [0.15, 0.2) is 79.4 Å². The molecule has 1 saturated heterocycles. The molecule has 0 atom stereocenters. The molecular weight excluding hydrogens is 451 g/mol. The molecule has 1 aliphatic heterocycles. The van der Waals surface area contributed by atoms with Gasteiger partial charge in [0.25, 0.3) is 5.91 Å². The van der Waals surface area contributed by atoms with Crippen molar-refractivity contribution in [2.75, 3.05) is 42.9 Å². The first-order valence-corrected chi connectivity index (χ1v) is 11.5. The van der Waals surface area contributed by atoms with Gasteiger partial charge in [0.2, 0.25) is 0 Å². The average Bonchev–Trinajstić information content (AvgIpc) is 2.85. The summed E-state index contributed by atoms with van der Waals surface area (Å²) in [6, 6.07) is 17.9. The van der Waals surface area contributed by atoms with E-state index < -0.39 is 11.7 Å². The molecule has 1 N–H and O–H groups in total. The number of hydrogen-bond acceptors (Lipinski definition) is 3. The number of halogens is 3. The molecule has 0 aliphatic carbocycles. The van der Waals surface area contributed by atoms with E-state index >= 15 is 0 Å². The third-order valence-electron chi connectivity index (χ3n) is 6.19. The van der Waals surface area contributed by atoms with Crippen molar-refractivity contribution in [3.63, 3.8) is 0 Å². The number of amides is 1. The van der Waals surface area contributed by atoms with Gasteiger partial charge in [-0.25, -0.2) is 0 Å². The van der Waals surface area contributed by atoms with E-state index in [4.69, 9.17) is 0 Å². The molecule has 0 bridgehead atoms. The fraction of sp³-hybridized carbons (Fsp3) is 0.250. The zero-order chi connectivity index (χ0) is 25.0. The van der Waals surface area contributed by atoms with Crippen LogP contribution >= 0.6 is 0 Å². The highest BCUT2D eigenvalue weighted by molar-refractivity contribution is 6.08. The van der Waals surface area contributed by atoms with Crippen LogP contribution in [0.2, 0.25) is 0 Å². The number of rotatable bonds is 6. The maximum Gasteiger partial charge on any atom is 0.416 e. The van der Waals surface area contributed by atoms with Crippen molar-refractivity contribution in [1.82, 2.24) is 4.90 Å². The molecule has 1 aliphatic rings. The summed E-state index contributed by atoms with van der Waals surface area (Å²) in [7, 11) is 0. The van der Waals surface area contributed by atoms with Gasteiger partial charge < -0.3 is 10.2 Å². The summed E-state index contributed by atoms with van der Waals surface area (Å²) in [6.45, 7) is 10.4. The van der Waals surface area contributed by atoms with Gasteiger partial charge in [0, 0.05) is 49.7 Å². The number of benzene rings is 3. The second-order valence-electron chi connectivity index (χ2n) is 8.70. The first-order valence-electron chi connectivity index (χ1n) is 11.5. The lowest BCUT2D eigenvalue weighted by atomic mass is 9.96. The van der Waals surface area contributed by atoms with Crippen molar-refractivity contribution < 1.29 is 18.0 Å². The number of carbonyl (C=O) groups excluding carboxylic acids is 1. The summed E-state index contributed by atoms with van der Waals surface area (Å²) < 4.78 is 38.9. The van der Waals surface area contributed by atoms with Gasteiger partial charge >= 0.3 is 6.18 Å². The minimum atomic E-state index is -4.41. The van der Waals surface area contributed by atoms with Crippen molar-refractivity contribution in [1.29, 1.82) is 0 Å². The van der Waals surface area contributed by atoms with E-state index in [1.54, 1.807) is 6.07 Å². The quantitative estimate of drug-likeness (QED) is 0.425. The van der Waals surface area contributed by atoms with Gasteiger partial charge in [0.05, 0.1) is 5.56 Å². The molecular formula is C28H28F3N3O. The Labute approximate surface area is 203 Å². The molecule has 1 amide bonds. The van der Waals surface area contributed by atoms with Gasteiger partial charge in [-0.05, 0) is 60.5 Å². The Bertz CT molecular complexity index is 1180. The van der Waals surface area contributed by atoms with Crippen molar-refractivity contribution in [3.05, 3.63) is 96.1 Å². The Morgan fingerprint density at radius 1 is 0.971 bits per heavy atom. The summed E-state index contributed by atoms with van der Waals surface area (Å²) in [5.41, 5.74) is 3.49. The second-order valence-corrected chi connectivity index (χ2v) is 8.70. The van der Waals surface area contributed by atoms with Crippen LogP contribution < -0.4 is 10.2 Å². The topological polar surface area (TPSA) is 35.6 Å². The molecule has 3 aromatic rings. The average molecular weight is 480 g/mol. The monoisotopic (exact) mass is 479 g/mol. The molecule has 7 heteroatoms. The van der Waals surface area contributed by atoms with Crippen LogP contribution in [0.4, 0.5) is 24.5 Å². The fourth-order valence-electron chi connectivity index (χ4n) is 4.26. The van der Waals surface area contributed by atoms with E-state index in [2.05, 4.69) is 21.7 Å². The highest BCUT2D eigenvalue weighted by Crippen LogP contribution is 2.32. The van der Waals surface area contributed by atoms with Crippen molar-refractivity contribution in [3.8, 4) is 11.1 Å². The van der Waals surface area contributed by atoms with Gasteiger partial charge in [-0.2, -0.15) is 13.2 Å². The number of nitrogens with zero attached hydrogens (tertiary/aromatic N) is 2. The predicted molar refractivity (Wildman–Crippen MR) is 135 cm³/mol. The van der Waals surface area contributed by atoms with Crippen molar-refractivity contribution in [2.45, 2.75) is 13.1 Å². The van der Waals surface area contributed by atoms with Gasteiger partial charge in [-0.3, -0.25) is 9.69 Å². The molecule has 4 rings (SSSR count). The first-order chi connectivity index (χ1) is 16.7. The molecule has 0 aromatic heterocycles. The van der Waals surface area contributed by atoms with Gasteiger partial charge in [-0.1, -0.05) is 35.9 Å². The summed E-state index contributed by atoms with van der Waals surface area (Å²) >= 11 is 0. The zero-order valence-corrected chi connectivity index (χ0v) is 19.6. The van der Waals surface area contributed by atoms with Crippen LogP contribution in [0.3, 0.4) is 0 Å². The van der Waals surface area contributed by atoms with Crippen LogP contribution in [0.1, 0.15) is 21.5 Å². The number of hydrogen-bond donors (Lipinski definition) is 1. The van der Waals surface area contributed by atoms with Crippen molar-refractivity contribution in [2.24, 2.45) is 0 Å². The lowest BCUT2D eigenvalue weighted by molar-refractivity contribution is -0.137. The highest BCUT2D eigenvalue weighted by Gasteiger charge is 2.30. The third kappa shape index (κ3) is 5.92. The normalized spacial score (nSPS) is 14.6. The van der Waals surface area contributed by atoms with E-state index in [0.29, 0.717) is 22.4 Å². The Hall–Kier alpha value is -3.58. The molecule has 4 nitrogen and oxygen atoms in total. The second kappa shape index (κ2) is 10.4. The maximum atomic E-state index is 13.1. The molecule has 0 radical (unpaired) electrons. The van der Waals surface area contributed by atoms with Crippen LogP contribution in [0.25, 0.3) is 11.1 Å². The van der Waals surface area contributed by atoms with Gasteiger partial charge in [0.15, 0.2) is 0 Å². The molecule has 3 aromatic carbocycles. The summed E-state index contributed by atoms with van der Waals surface area (Å²) in [6.07, 6.45) is -2.49. The summed E-state index contributed by atoms with van der Waals surface area (Å²) in [5.74, 6) is -0.314. The predicted octanol–water partition coefficient (Wildman–Crippen LogP) is 6.24. The smallest absolute Gasteiger partial charge is 0.369 e. The van der Waals surface area contributed by atoms with E-state index in [-0.39, 0.29) is 5.91 Å². The summed E-state index contributed by atoms with van der Waals surface area (Å²) in [4.78, 5) is 17.8. The SMILES string of the molecule is C=CCN1CCN(c2ccc(NC(=O)c3ccc(C)cc3-c3ccc(C(F)(F)F)cc3)cc2)CC1. The number of alkyl halides is 3. The minimum absolute atomic E-state index is 0.314.